The Morgan fingerprint density at radius 1 is 1.38 bits per heavy atom. The molecule has 1 amide bonds. The molecule has 16 heavy (non-hydrogen) atoms. The lowest BCUT2D eigenvalue weighted by atomic mass is 9.83. The summed E-state index contributed by atoms with van der Waals surface area (Å²) in [6, 6.07) is 0.0150. The van der Waals surface area contributed by atoms with Crippen molar-refractivity contribution in [3.63, 3.8) is 0 Å². The maximum atomic E-state index is 11.6. The minimum atomic E-state index is 0.0150. The predicted octanol–water partition coefficient (Wildman–Crippen LogP) is 2.20. The number of carbonyl (C=O) groups is 1. The summed E-state index contributed by atoms with van der Waals surface area (Å²) in [5, 5.41) is 3.06. The Hall–Kier alpha value is -0.570. The highest BCUT2D eigenvalue weighted by atomic mass is 16.1. The Labute approximate surface area is 99.2 Å². The van der Waals surface area contributed by atoms with Crippen LogP contribution in [0.5, 0.6) is 0 Å². The van der Waals surface area contributed by atoms with E-state index in [9.17, 15) is 4.79 Å². The first-order valence-electron chi connectivity index (χ1n) is 6.64. The molecule has 94 valence electrons. The van der Waals surface area contributed by atoms with Crippen LogP contribution in [0.25, 0.3) is 0 Å². The van der Waals surface area contributed by atoms with Crippen molar-refractivity contribution in [3.8, 4) is 0 Å². The fraction of sp³-hybridized carbons (Fsp3) is 0.923. The van der Waals surface area contributed by atoms with Crippen molar-refractivity contribution < 1.29 is 4.79 Å². The number of nitrogens with two attached hydrogens (primary N) is 1. The van der Waals surface area contributed by atoms with Crippen LogP contribution >= 0.6 is 0 Å². The third kappa shape index (κ3) is 3.78. The van der Waals surface area contributed by atoms with Crippen LogP contribution in [0.2, 0.25) is 0 Å². The summed E-state index contributed by atoms with van der Waals surface area (Å²) in [6.45, 7) is 5.09. The van der Waals surface area contributed by atoms with Crippen molar-refractivity contribution in [1.82, 2.24) is 5.32 Å². The lowest BCUT2D eigenvalue weighted by molar-refractivity contribution is -0.122. The molecular formula is C13H26N2O. The topological polar surface area (TPSA) is 55.1 Å². The average Bonchev–Trinajstić information content (AvgIpc) is 2.75. The van der Waals surface area contributed by atoms with Gasteiger partial charge in [-0.3, -0.25) is 4.79 Å². The van der Waals surface area contributed by atoms with Crippen molar-refractivity contribution in [2.75, 3.05) is 6.54 Å². The van der Waals surface area contributed by atoms with E-state index in [2.05, 4.69) is 12.2 Å². The van der Waals surface area contributed by atoms with Gasteiger partial charge in [-0.05, 0) is 31.1 Å². The van der Waals surface area contributed by atoms with E-state index >= 15 is 0 Å². The first-order valence-corrected chi connectivity index (χ1v) is 6.64. The molecule has 1 saturated carbocycles. The minimum Gasteiger partial charge on any atom is -0.355 e. The van der Waals surface area contributed by atoms with E-state index < -0.39 is 0 Å². The van der Waals surface area contributed by atoms with E-state index in [0.29, 0.717) is 11.8 Å². The van der Waals surface area contributed by atoms with Gasteiger partial charge in [0, 0.05) is 19.0 Å². The normalized spacial score (nSPS) is 20.7. The SMILES string of the molecule is CCC(N)CC(=O)NCC1(CC)CCCC1. The van der Waals surface area contributed by atoms with Gasteiger partial charge in [-0.1, -0.05) is 26.7 Å². The molecule has 0 aliphatic heterocycles. The first-order chi connectivity index (χ1) is 7.62. The van der Waals surface area contributed by atoms with Crippen molar-refractivity contribution in [3.05, 3.63) is 0 Å². The molecule has 1 aliphatic carbocycles. The molecule has 1 atom stereocenters. The zero-order chi connectivity index (χ0) is 12.0. The van der Waals surface area contributed by atoms with Crippen molar-refractivity contribution in [2.45, 2.75) is 64.8 Å². The van der Waals surface area contributed by atoms with Gasteiger partial charge in [-0.2, -0.15) is 0 Å². The van der Waals surface area contributed by atoms with Crippen LogP contribution in [0.3, 0.4) is 0 Å². The number of hydrogen-bond donors (Lipinski definition) is 2. The van der Waals surface area contributed by atoms with Crippen LogP contribution < -0.4 is 11.1 Å². The molecule has 0 bridgehead atoms. The molecule has 0 spiro atoms. The molecule has 0 aromatic carbocycles. The summed E-state index contributed by atoms with van der Waals surface area (Å²) in [7, 11) is 0. The molecule has 0 saturated heterocycles. The second-order valence-corrected chi connectivity index (χ2v) is 5.21. The van der Waals surface area contributed by atoms with Crippen molar-refractivity contribution in [1.29, 1.82) is 0 Å². The maximum Gasteiger partial charge on any atom is 0.221 e. The van der Waals surface area contributed by atoms with Gasteiger partial charge in [0.25, 0.3) is 0 Å². The zero-order valence-electron chi connectivity index (χ0n) is 10.7. The monoisotopic (exact) mass is 226 g/mol. The number of rotatable bonds is 6. The quantitative estimate of drug-likeness (QED) is 0.729. The van der Waals surface area contributed by atoms with Gasteiger partial charge in [0.1, 0.15) is 0 Å². The molecule has 1 rings (SSSR count). The average molecular weight is 226 g/mol. The molecule has 3 heteroatoms. The molecule has 3 N–H and O–H groups in total. The third-order valence-electron chi connectivity index (χ3n) is 4.05. The highest BCUT2D eigenvalue weighted by molar-refractivity contribution is 5.76. The fourth-order valence-electron chi connectivity index (χ4n) is 2.52. The summed E-state index contributed by atoms with van der Waals surface area (Å²) in [5.41, 5.74) is 6.14. The fourth-order valence-corrected chi connectivity index (χ4v) is 2.52. The lowest BCUT2D eigenvalue weighted by Crippen LogP contribution is -2.38. The van der Waals surface area contributed by atoms with E-state index in [1.807, 2.05) is 6.92 Å². The Morgan fingerprint density at radius 2 is 2.00 bits per heavy atom. The van der Waals surface area contributed by atoms with Crippen LogP contribution in [0.4, 0.5) is 0 Å². The van der Waals surface area contributed by atoms with Gasteiger partial charge in [0.15, 0.2) is 0 Å². The van der Waals surface area contributed by atoms with Gasteiger partial charge in [-0.15, -0.1) is 0 Å². The summed E-state index contributed by atoms with van der Waals surface area (Å²) >= 11 is 0. The largest absolute Gasteiger partial charge is 0.355 e. The molecular weight excluding hydrogens is 200 g/mol. The Kier molecular flexibility index (Phi) is 5.26. The van der Waals surface area contributed by atoms with Crippen LogP contribution in [0.1, 0.15) is 58.8 Å². The van der Waals surface area contributed by atoms with Gasteiger partial charge in [0.2, 0.25) is 5.91 Å². The van der Waals surface area contributed by atoms with E-state index in [0.717, 1.165) is 13.0 Å². The summed E-state index contributed by atoms with van der Waals surface area (Å²) in [6.07, 6.45) is 7.68. The zero-order valence-corrected chi connectivity index (χ0v) is 10.7. The first kappa shape index (κ1) is 13.5. The maximum absolute atomic E-state index is 11.6. The predicted molar refractivity (Wildman–Crippen MR) is 67.1 cm³/mol. The Balaban J connectivity index is 2.29. The smallest absolute Gasteiger partial charge is 0.221 e. The molecule has 3 nitrogen and oxygen atoms in total. The summed E-state index contributed by atoms with van der Waals surface area (Å²) in [5.74, 6) is 0.120. The van der Waals surface area contributed by atoms with Gasteiger partial charge in [-0.25, -0.2) is 0 Å². The van der Waals surface area contributed by atoms with E-state index in [4.69, 9.17) is 5.73 Å². The lowest BCUT2D eigenvalue weighted by Gasteiger charge is -2.27. The van der Waals surface area contributed by atoms with Crippen LogP contribution in [0.15, 0.2) is 0 Å². The van der Waals surface area contributed by atoms with Gasteiger partial charge in [0.05, 0.1) is 0 Å². The van der Waals surface area contributed by atoms with Crippen molar-refractivity contribution >= 4 is 5.91 Å². The van der Waals surface area contributed by atoms with E-state index in [1.165, 1.54) is 32.1 Å². The second kappa shape index (κ2) is 6.24. The summed E-state index contributed by atoms with van der Waals surface area (Å²) < 4.78 is 0. The molecule has 1 fully saturated rings. The molecule has 0 radical (unpaired) electrons. The number of nitrogens with one attached hydrogen (secondary N) is 1. The van der Waals surface area contributed by atoms with Crippen LogP contribution in [0, 0.1) is 5.41 Å². The van der Waals surface area contributed by atoms with Gasteiger partial charge >= 0.3 is 0 Å². The number of amides is 1. The van der Waals surface area contributed by atoms with E-state index in [-0.39, 0.29) is 11.9 Å². The highest BCUT2D eigenvalue weighted by Crippen LogP contribution is 2.40. The highest BCUT2D eigenvalue weighted by Gasteiger charge is 2.32. The van der Waals surface area contributed by atoms with Crippen molar-refractivity contribution in [2.24, 2.45) is 11.1 Å². The van der Waals surface area contributed by atoms with Crippen LogP contribution in [-0.2, 0) is 4.79 Å². The third-order valence-corrected chi connectivity index (χ3v) is 4.05. The molecule has 0 aromatic rings. The molecule has 0 aromatic heterocycles. The number of carbonyl (C=O) groups excluding carboxylic acids is 1. The van der Waals surface area contributed by atoms with Crippen LogP contribution in [-0.4, -0.2) is 18.5 Å². The molecule has 1 unspecified atom stereocenters. The minimum absolute atomic E-state index is 0.0150. The molecule has 1 aliphatic rings. The standard InChI is InChI=1S/C13H26N2O/c1-3-11(14)9-12(16)15-10-13(4-2)7-5-6-8-13/h11H,3-10,14H2,1-2H3,(H,15,16). The molecule has 0 heterocycles. The number of hydrogen-bond acceptors (Lipinski definition) is 2. The van der Waals surface area contributed by atoms with E-state index in [1.54, 1.807) is 0 Å². The van der Waals surface area contributed by atoms with Gasteiger partial charge < -0.3 is 11.1 Å². The second-order valence-electron chi connectivity index (χ2n) is 5.21. The summed E-state index contributed by atoms with van der Waals surface area (Å²) in [4.78, 5) is 11.6. The Morgan fingerprint density at radius 3 is 2.50 bits per heavy atom. The Bertz CT molecular complexity index is 222.